The molecule has 0 unspecified atom stereocenters. The molecule has 112 valence electrons. The molecular formula is C16H15BrN4O. The summed E-state index contributed by atoms with van der Waals surface area (Å²) in [6.07, 6.45) is 1.73. The maximum atomic E-state index is 5.48. The topological polar surface area (TPSA) is 62.3 Å². The third-order valence-corrected chi connectivity index (χ3v) is 3.65. The molecule has 1 aromatic heterocycles. The van der Waals surface area contributed by atoms with Gasteiger partial charge in [0.05, 0.1) is 28.3 Å². The van der Waals surface area contributed by atoms with E-state index in [1.165, 1.54) is 0 Å². The van der Waals surface area contributed by atoms with E-state index in [4.69, 9.17) is 4.74 Å². The number of benzene rings is 2. The molecule has 5 nitrogen and oxygen atoms in total. The number of aromatic nitrogens is 2. The summed E-state index contributed by atoms with van der Waals surface area (Å²) in [5.74, 6) is 1.44. The molecule has 0 atom stereocenters. The summed E-state index contributed by atoms with van der Waals surface area (Å²) in [6, 6.07) is 13.6. The zero-order valence-electron chi connectivity index (χ0n) is 12.0. The fourth-order valence-corrected chi connectivity index (χ4v) is 2.55. The van der Waals surface area contributed by atoms with E-state index in [9.17, 15) is 0 Å². The van der Waals surface area contributed by atoms with Crippen LogP contribution < -0.4 is 10.2 Å². The van der Waals surface area contributed by atoms with E-state index in [0.29, 0.717) is 12.6 Å². The third-order valence-electron chi connectivity index (χ3n) is 3.03. The number of hydrazone groups is 1. The van der Waals surface area contributed by atoms with E-state index >= 15 is 0 Å². The number of H-pyrrole nitrogens is 1. The minimum absolute atomic E-state index is 0.613. The fourth-order valence-electron chi connectivity index (χ4n) is 2.04. The van der Waals surface area contributed by atoms with E-state index in [2.05, 4.69) is 36.4 Å². The van der Waals surface area contributed by atoms with Crippen molar-refractivity contribution >= 4 is 39.1 Å². The van der Waals surface area contributed by atoms with Crippen LogP contribution in [-0.2, 0) is 0 Å². The molecule has 0 saturated carbocycles. The lowest BCUT2D eigenvalue weighted by Crippen LogP contribution is -1.95. The Kier molecular flexibility index (Phi) is 4.39. The molecule has 0 saturated heterocycles. The Morgan fingerprint density at radius 2 is 2.18 bits per heavy atom. The number of halogens is 1. The number of aromatic amines is 1. The number of fused-ring (bicyclic) bond motifs is 1. The highest BCUT2D eigenvalue weighted by Crippen LogP contribution is 2.25. The number of anilines is 1. The molecule has 1 heterocycles. The van der Waals surface area contributed by atoms with Crippen LogP contribution in [-0.4, -0.2) is 22.8 Å². The second kappa shape index (κ2) is 6.62. The molecule has 0 fully saturated rings. The van der Waals surface area contributed by atoms with E-state index < -0.39 is 0 Å². The van der Waals surface area contributed by atoms with Crippen LogP contribution in [0, 0.1) is 0 Å². The molecule has 2 aromatic carbocycles. The largest absolute Gasteiger partial charge is 0.493 e. The van der Waals surface area contributed by atoms with Crippen LogP contribution in [0.25, 0.3) is 11.0 Å². The molecule has 0 radical (unpaired) electrons. The summed E-state index contributed by atoms with van der Waals surface area (Å²) < 4.78 is 6.38. The number of hydrogen-bond acceptors (Lipinski definition) is 4. The van der Waals surface area contributed by atoms with E-state index in [1.807, 2.05) is 49.4 Å². The van der Waals surface area contributed by atoms with Crippen molar-refractivity contribution in [2.75, 3.05) is 12.0 Å². The number of rotatable bonds is 5. The van der Waals surface area contributed by atoms with Gasteiger partial charge in [-0.25, -0.2) is 10.4 Å². The molecule has 3 aromatic rings. The highest BCUT2D eigenvalue weighted by atomic mass is 79.9. The summed E-state index contributed by atoms with van der Waals surface area (Å²) in [4.78, 5) is 7.54. The van der Waals surface area contributed by atoms with Crippen LogP contribution >= 0.6 is 15.9 Å². The molecule has 0 amide bonds. The minimum Gasteiger partial charge on any atom is -0.493 e. The summed E-state index contributed by atoms with van der Waals surface area (Å²) in [5.41, 5.74) is 5.74. The molecule has 0 bridgehead atoms. The molecule has 0 aliphatic rings. The van der Waals surface area contributed by atoms with Gasteiger partial charge in [-0.05, 0) is 58.7 Å². The van der Waals surface area contributed by atoms with Crippen LogP contribution in [0.5, 0.6) is 5.75 Å². The fraction of sp³-hybridized carbons (Fsp3) is 0.125. The van der Waals surface area contributed by atoms with Crippen molar-refractivity contribution in [1.82, 2.24) is 9.97 Å². The first-order valence-electron chi connectivity index (χ1n) is 6.92. The smallest absolute Gasteiger partial charge is 0.222 e. The standard InChI is InChI=1S/C16H15BrN4O/c1-2-22-15-8-7-11(9-12(15)17)10-18-21-16-19-13-5-3-4-6-14(13)20-16/h3-10H,2H2,1H3,(H2,19,20,21)/b18-10-. The van der Waals surface area contributed by atoms with E-state index in [0.717, 1.165) is 26.8 Å². The van der Waals surface area contributed by atoms with Gasteiger partial charge in [-0.15, -0.1) is 0 Å². The van der Waals surface area contributed by atoms with Crippen molar-refractivity contribution in [1.29, 1.82) is 0 Å². The Bertz CT molecular complexity index is 780. The second-order valence-corrected chi connectivity index (χ2v) is 5.45. The Labute approximate surface area is 136 Å². The highest BCUT2D eigenvalue weighted by molar-refractivity contribution is 9.10. The Morgan fingerprint density at radius 3 is 2.95 bits per heavy atom. The number of ether oxygens (including phenoxy) is 1. The first kappa shape index (κ1) is 14.6. The van der Waals surface area contributed by atoms with Crippen LogP contribution in [0.1, 0.15) is 12.5 Å². The Morgan fingerprint density at radius 1 is 1.32 bits per heavy atom. The quantitative estimate of drug-likeness (QED) is 0.531. The predicted octanol–water partition coefficient (Wildman–Crippen LogP) is 4.17. The van der Waals surface area contributed by atoms with Gasteiger partial charge in [0.1, 0.15) is 5.75 Å². The molecule has 22 heavy (non-hydrogen) atoms. The molecule has 3 rings (SSSR count). The van der Waals surface area contributed by atoms with Crippen molar-refractivity contribution in [3.05, 3.63) is 52.5 Å². The number of nitrogens with zero attached hydrogens (tertiary/aromatic N) is 2. The number of nitrogens with one attached hydrogen (secondary N) is 2. The van der Waals surface area contributed by atoms with Crippen LogP contribution in [0.4, 0.5) is 5.95 Å². The molecule has 0 aliphatic carbocycles. The molecule has 6 heteroatoms. The average molecular weight is 359 g/mol. The van der Waals surface area contributed by atoms with Gasteiger partial charge in [-0.2, -0.15) is 5.10 Å². The van der Waals surface area contributed by atoms with Gasteiger partial charge in [0.25, 0.3) is 0 Å². The van der Waals surface area contributed by atoms with Gasteiger partial charge < -0.3 is 9.72 Å². The highest BCUT2D eigenvalue weighted by Gasteiger charge is 2.01. The van der Waals surface area contributed by atoms with Gasteiger partial charge >= 0.3 is 0 Å². The van der Waals surface area contributed by atoms with Crippen LogP contribution in [0.3, 0.4) is 0 Å². The van der Waals surface area contributed by atoms with Gasteiger partial charge in [-0.3, -0.25) is 0 Å². The lowest BCUT2D eigenvalue weighted by Gasteiger charge is -2.05. The zero-order valence-corrected chi connectivity index (χ0v) is 13.6. The molecule has 0 aliphatic heterocycles. The summed E-state index contributed by atoms with van der Waals surface area (Å²) in [5, 5.41) is 4.19. The normalized spacial score (nSPS) is 11.2. The lowest BCUT2D eigenvalue weighted by molar-refractivity contribution is 0.338. The number of para-hydroxylation sites is 2. The van der Waals surface area contributed by atoms with Gasteiger partial charge in [0, 0.05) is 0 Å². The van der Waals surface area contributed by atoms with E-state index in [1.54, 1.807) is 6.21 Å². The van der Waals surface area contributed by atoms with E-state index in [-0.39, 0.29) is 0 Å². The first-order chi connectivity index (χ1) is 10.8. The van der Waals surface area contributed by atoms with Gasteiger partial charge in [-0.1, -0.05) is 12.1 Å². The predicted molar refractivity (Wildman–Crippen MR) is 92.6 cm³/mol. The summed E-state index contributed by atoms with van der Waals surface area (Å²) >= 11 is 3.48. The maximum Gasteiger partial charge on any atom is 0.222 e. The number of imidazole rings is 1. The molecule has 2 N–H and O–H groups in total. The van der Waals surface area contributed by atoms with Crippen molar-refractivity contribution in [3.63, 3.8) is 0 Å². The zero-order chi connectivity index (χ0) is 15.4. The first-order valence-corrected chi connectivity index (χ1v) is 7.71. The number of hydrogen-bond donors (Lipinski definition) is 2. The molecule has 0 spiro atoms. The van der Waals surface area contributed by atoms with Gasteiger partial charge in [0.2, 0.25) is 5.95 Å². The lowest BCUT2D eigenvalue weighted by atomic mass is 10.2. The minimum atomic E-state index is 0.613. The van der Waals surface area contributed by atoms with Crippen molar-refractivity contribution < 1.29 is 4.74 Å². The third kappa shape index (κ3) is 3.28. The van der Waals surface area contributed by atoms with Crippen LogP contribution in [0.15, 0.2) is 52.0 Å². The van der Waals surface area contributed by atoms with Crippen LogP contribution in [0.2, 0.25) is 0 Å². The van der Waals surface area contributed by atoms with Crippen molar-refractivity contribution in [2.24, 2.45) is 5.10 Å². The Hall–Kier alpha value is -2.34. The monoisotopic (exact) mass is 358 g/mol. The van der Waals surface area contributed by atoms with Gasteiger partial charge in [0.15, 0.2) is 0 Å². The van der Waals surface area contributed by atoms with Crippen molar-refractivity contribution in [2.45, 2.75) is 6.92 Å². The molecular weight excluding hydrogens is 344 g/mol. The van der Waals surface area contributed by atoms with Crippen molar-refractivity contribution in [3.8, 4) is 5.75 Å². The summed E-state index contributed by atoms with van der Waals surface area (Å²) in [7, 11) is 0. The average Bonchev–Trinajstić information content (AvgIpc) is 2.93. The maximum absolute atomic E-state index is 5.48. The Balaban J connectivity index is 1.70. The second-order valence-electron chi connectivity index (χ2n) is 4.60. The SMILES string of the molecule is CCOc1ccc(/C=N\Nc2nc3ccccc3[nH]2)cc1Br. The summed E-state index contributed by atoms with van der Waals surface area (Å²) in [6.45, 7) is 2.60.